The van der Waals surface area contributed by atoms with E-state index < -0.39 is 81.2 Å². The number of carbonyl (C=O) groups is 4. The summed E-state index contributed by atoms with van der Waals surface area (Å²) in [5.41, 5.74) is -3.85. The van der Waals surface area contributed by atoms with Gasteiger partial charge in [0, 0.05) is 32.6 Å². The van der Waals surface area contributed by atoms with Gasteiger partial charge in [0.2, 0.25) is 4.87 Å². The van der Waals surface area contributed by atoms with Crippen LogP contribution in [0.1, 0.15) is 25.0 Å². The number of para-hydroxylation sites is 2. The van der Waals surface area contributed by atoms with Crippen LogP contribution in [-0.2, 0) is 34.7 Å². The summed E-state index contributed by atoms with van der Waals surface area (Å²) < 4.78 is 6.03. The highest BCUT2D eigenvalue weighted by atomic mass is 33.1. The highest BCUT2D eigenvalue weighted by molar-refractivity contribution is 8.78. The summed E-state index contributed by atoms with van der Waals surface area (Å²) in [7, 11) is 6.58. The van der Waals surface area contributed by atoms with Gasteiger partial charge in [-0.2, -0.15) is 0 Å². The maximum atomic E-state index is 15.1. The number of rotatable bonds is 4. The minimum absolute atomic E-state index is 0.315. The summed E-state index contributed by atoms with van der Waals surface area (Å²) in [4.78, 5) is 61.0. The Balaban J connectivity index is 1.42. The average Bonchev–Trinajstić information content (AvgIpc) is 3.74. The molecule has 14 nitrogen and oxygen atoms in total. The van der Waals surface area contributed by atoms with Gasteiger partial charge in [0.25, 0.3) is 29.4 Å². The van der Waals surface area contributed by atoms with E-state index in [9.17, 15) is 29.7 Å². The predicted molar refractivity (Wildman–Crippen MR) is 178 cm³/mol. The zero-order chi connectivity index (χ0) is 34.8. The van der Waals surface area contributed by atoms with E-state index in [1.165, 1.54) is 39.7 Å². The number of amides is 4. The largest absolute Gasteiger partial charge is 0.394 e. The molecule has 1 spiro atoms. The zero-order valence-corrected chi connectivity index (χ0v) is 28.9. The standard InChI is InChI=1S/C33H36N6O8S2/c1-15(2)32-28(46)39-25-30(17-11-7-9-13-19(17)35-25,23(43)33(39,49-48-32)27(45)37(32)4)29-16-10-6-8-12-18(16)34-24(29)38-21(41)20(14-40)36(3)26(44)31(38,47-5)22(29)42/h6-13,15,20,22-25,34-35,40,42-43H,14H2,1-5H3/t20-,22-,23-,24-,25+,29-,30+,31-,32-,33-/m0/s1. The third-order valence-electron chi connectivity index (χ3n) is 12.5. The molecule has 2 bridgehead atoms. The second kappa shape index (κ2) is 9.41. The highest BCUT2D eigenvalue weighted by Gasteiger charge is 2.92. The molecule has 6 fully saturated rings. The Hall–Kier alpha value is -3.54. The SMILES string of the molecule is CO[C@@]12C(=O)N(C)[C@@H](CO)C(=O)N1[C@@H]1Nc3ccccc3[C@]1([C@@]13c4ccccc4N[C@@H]1N1C(=O)[C@]4(C(C)C)SS[C@]1(C(=O)N4C)[C@H]3O)[C@@H]2O. The molecule has 4 amide bonds. The predicted octanol–water partition coefficient (Wildman–Crippen LogP) is -0.137. The summed E-state index contributed by atoms with van der Waals surface area (Å²) in [6.45, 7) is 3.07. The number of piperazine rings is 2. The number of nitrogens with one attached hydrogen (secondary N) is 2. The molecule has 49 heavy (non-hydrogen) atoms. The number of likely N-dealkylation sites (N-methyl/N-ethyl adjacent to an activating group) is 2. The van der Waals surface area contributed by atoms with Crippen LogP contribution in [-0.4, -0.2) is 132 Å². The lowest BCUT2D eigenvalue weighted by Gasteiger charge is -2.60. The van der Waals surface area contributed by atoms with E-state index in [0.717, 1.165) is 15.7 Å². The zero-order valence-electron chi connectivity index (χ0n) is 27.3. The van der Waals surface area contributed by atoms with Crippen molar-refractivity contribution in [3.05, 3.63) is 59.7 Å². The second-order valence-electron chi connectivity index (χ2n) is 14.2. The summed E-state index contributed by atoms with van der Waals surface area (Å²) >= 11 is 0. The van der Waals surface area contributed by atoms with Crippen molar-refractivity contribution in [1.29, 1.82) is 0 Å². The van der Waals surface area contributed by atoms with Gasteiger partial charge < -0.3 is 40.5 Å². The first-order chi connectivity index (χ1) is 23.3. The smallest absolute Gasteiger partial charge is 0.279 e. The molecule has 10 rings (SSSR count). The molecular formula is C33H36N6O8S2. The Kier molecular flexibility index (Phi) is 6.04. The number of methoxy groups -OCH3 is 1. The molecule has 2 aromatic carbocycles. The quantitative estimate of drug-likeness (QED) is 0.267. The van der Waals surface area contributed by atoms with Crippen molar-refractivity contribution >= 4 is 56.6 Å². The number of anilines is 2. The Morgan fingerprint density at radius 3 is 1.92 bits per heavy atom. The van der Waals surface area contributed by atoms with E-state index in [0.29, 0.717) is 22.5 Å². The normalized spacial score (nSPS) is 42.6. The molecule has 8 aliphatic rings. The number of nitrogens with zero attached hydrogens (tertiary/aromatic N) is 4. The summed E-state index contributed by atoms with van der Waals surface area (Å²) in [5, 5.41) is 43.9. The molecule has 0 radical (unpaired) electrons. The van der Waals surface area contributed by atoms with Crippen LogP contribution in [0.2, 0.25) is 0 Å². The molecule has 0 saturated carbocycles. The number of ether oxygens (including phenoxy) is 1. The number of hydrogen-bond donors (Lipinski definition) is 5. The lowest BCUT2D eigenvalue weighted by atomic mass is 9.51. The highest BCUT2D eigenvalue weighted by Crippen LogP contribution is 2.76. The van der Waals surface area contributed by atoms with Gasteiger partial charge in [-0.1, -0.05) is 61.0 Å². The minimum Gasteiger partial charge on any atom is -0.394 e. The summed E-state index contributed by atoms with van der Waals surface area (Å²) in [6, 6.07) is 13.0. The first-order valence-corrected chi connectivity index (χ1v) is 18.3. The van der Waals surface area contributed by atoms with Crippen molar-refractivity contribution in [2.24, 2.45) is 5.92 Å². The number of carbonyl (C=O) groups excluding carboxylic acids is 4. The van der Waals surface area contributed by atoms with Gasteiger partial charge in [-0.05, 0) is 40.0 Å². The van der Waals surface area contributed by atoms with Gasteiger partial charge in [-0.25, -0.2) is 0 Å². The van der Waals surface area contributed by atoms with E-state index in [1.54, 1.807) is 49.5 Å². The first kappa shape index (κ1) is 31.4. The van der Waals surface area contributed by atoms with Crippen molar-refractivity contribution in [2.75, 3.05) is 38.4 Å². The lowest BCUT2D eigenvalue weighted by molar-refractivity contribution is -0.218. The maximum absolute atomic E-state index is 15.1. The van der Waals surface area contributed by atoms with E-state index in [-0.39, 0.29) is 11.8 Å². The molecule has 2 aromatic rings. The van der Waals surface area contributed by atoms with Crippen LogP contribution in [0.5, 0.6) is 0 Å². The third-order valence-corrected chi connectivity index (χ3v) is 16.4. The second-order valence-corrected chi connectivity index (χ2v) is 16.8. The van der Waals surface area contributed by atoms with Crippen LogP contribution >= 0.6 is 21.6 Å². The molecule has 0 unspecified atom stereocenters. The summed E-state index contributed by atoms with van der Waals surface area (Å²) in [6.07, 6.45) is -5.95. The number of aliphatic hydroxyl groups is 3. The van der Waals surface area contributed by atoms with Crippen molar-refractivity contribution in [3.8, 4) is 0 Å². The van der Waals surface area contributed by atoms with E-state index in [2.05, 4.69) is 10.6 Å². The van der Waals surface area contributed by atoms with Gasteiger partial charge in [0.05, 0.1) is 17.4 Å². The van der Waals surface area contributed by atoms with Gasteiger partial charge in [-0.3, -0.25) is 29.0 Å². The van der Waals surface area contributed by atoms with Crippen molar-refractivity contribution in [1.82, 2.24) is 19.6 Å². The van der Waals surface area contributed by atoms with Crippen LogP contribution in [0.15, 0.2) is 48.5 Å². The molecule has 258 valence electrons. The Labute approximate surface area is 289 Å². The van der Waals surface area contributed by atoms with Crippen LogP contribution in [0.4, 0.5) is 11.4 Å². The van der Waals surface area contributed by atoms with Crippen molar-refractivity contribution in [3.63, 3.8) is 0 Å². The fraction of sp³-hybridized carbons (Fsp3) is 0.515. The van der Waals surface area contributed by atoms with Crippen molar-refractivity contribution in [2.45, 2.75) is 70.7 Å². The van der Waals surface area contributed by atoms with Crippen LogP contribution in [0, 0.1) is 5.92 Å². The molecule has 0 aliphatic carbocycles. The monoisotopic (exact) mass is 708 g/mol. The molecule has 6 saturated heterocycles. The third kappa shape index (κ3) is 2.79. The van der Waals surface area contributed by atoms with Gasteiger partial charge in [-0.15, -0.1) is 0 Å². The summed E-state index contributed by atoms with van der Waals surface area (Å²) in [5.74, 6) is -2.59. The Morgan fingerprint density at radius 1 is 0.816 bits per heavy atom. The molecule has 10 atom stereocenters. The maximum Gasteiger partial charge on any atom is 0.279 e. The van der Waals surface area contributed by atoms with Gasteiger partial charge in [0.15, 0.2) is 4.87 Å². The van der Waals surface area contributed by atoms with E-state index in [1.807, 2.05) is 19.9 Å². The molecule has 16 heteroatoms. The number of fused-ring (bicyclic) bond motifs is 11. The topological polar surface area (TPSA) is 175 Å². The lowest BCUT2D eigenvalue weighted by Crippen LogP contribution is -2.79. The van der Waals surface area contributed by atoms with E-state index in [4.69, 9.17) is 4.74 Å². The molecule has 8 aliphatic heterocycles. The van der Waals surface area contributed by atoms with Gasteiger partial charge in [0.1, 0.15) is 30.6 Å². The van der Waals surface area contributed by atoms with Gasteiger partial charge >= 0.3 is 0 Å². The molecule has 8 heterocycles. The van der Waals surface area contributed by atoms with Crippen LogP contribution in [0.25, 0.3) is 0 Å². The van der Waals surface area contributed by atoms with E-state index >= 15 is 4.79 Å². The van der Waals surface area contributed by atoms with Crippen molar-refractivity contribution < 1.29 is 39.2 Å². The van der Waals surface area contributed by atoms with Crippen LogP contribution in [0.3, 0.4) is 0 Å². The number of benzene rings is 2. The van der Waals surface area contributed by atoms with Crippen LogP contribution < -0.4 is 10.6 Å². The minimum atomic E-state index is -2.32. The Bertz CT molecular complexity index is 1900. The molecular weight excluding hydrogens is 673 g/mol. The fourth-order valence-electron chi connectivity index (χ4n) is 10.5. The fourth-order valence-corrected chi connectivity index (χ4v) is 14.7. The first-order valence-electron chi connectivity index (χ1n) is 16.2. The molecule has 0 aromatic heterocycles. The number of hydrogen-bond acceptors (Lipinski definition) is 12. The Morgan fingerprint density at radius 2 is 1.37 bits per heavy atom. The average molecular weight is 709 g/mol. The number of aliphatic hydroxyl groups excluding tert-OH is 3. The molecule has 5 N–H and O–H groups in total.